The number of methoxy groups -OCH3 is 1. The summed E-state index contributed by atoms with van der Waals surface area (Å²) >= 11 is 1.66. The molecule has 7 nitrogen and oxygen atoms in total. The first kappa shape index (κ1) is 19.6. The molecule has 2 N–H and O–H groups in total. The lowest BCUT2D eigenvalue weighted by atomic mass is 9.99. The van der Waals surface area contributed by atoms with Gasteiger partial charge in [-0.1, -0.05) is 6.07 Å². The van der Waals surface area contributed by atoms with Crippen LogP contribution in [-0.4, -0.2) is 65.4 Å². The second-order valence-corrected chi connectivity index (χ2v) is 7.58. The van der Waals surface area contributed by atoms with Crippen molar-refractivity contribution in [2.75, 3.05) is 38.2 Å². The largest absolute Gasteiger partial charge is 0.507 e. The lowest BCUT2D eigenvalue weighted by Gasteiger charge is -2.39. The number of phenolic OH excluding ortho intramolecular Hbond substituents is 1. The number of rotatable bonds is 5. The molecule has 0 radical (unpaired) electrons. The molecular weight excluding hydrogens is 366 g/mol. The Bertz CT molecular complexity index is 802. The van der Waals surface area contributed by atoms with Crippen molar-refractivity contribution in [2.45, 2.75) is 26.0 Å². The molecule has 1 fully saturated rings. The molecule has 1 aromatic carbocycles. The van der Waals surface area contributed by atoms with Gasteiger partial charge in [-0.05, 0) is 31.5 Å². The summed E-state index contributed by atoms with van der Waals surface area (Å²) in [5, 5.41) is 23.7. The Kier molecular flexibility index (Phi) is 5.98. The topological polar surface area (TPSA) is 86.1 Å². The van der Waals surface area contributed by atoms with Crippen LogP contribution < -0.4 is 4.90 Å². The van der Waals surface area contributed by atoms with Gasteiger partial charge in [0.15, 0.2) is 5.13 Å². The van der Waals surface area contributed by atoms with Crippen molar-refractivity contribution in [3.63, 3.8) is 0 Å². The first-order valence-corrected chi connectivity index (χ1v) is 9.79. The van der Waals surface area contributed by atoms with Crippen LogP contribution in [0.3, 0.4) is 0 Å². The minimum absolute atomic E-state index is 0.0604. The summed E-state index contributed by atoms with van der Waals surface area (Å²) in [6.07, 6.45) is -0.775. The van der Waals surface area contributed by atoms with Crippen molar-refractivity contribution in [3.05, 3.63) is 40.4 Å². The van der Waals surface area contributed by atoms with E-state index < -0.39 is 12.1 Å². The van der Waals surface area contributed by atoms with E-state index in [0.717, 1.165) is 37.0 Å². The summed E-state index contributed by atoms with van der Waals surface area (Å²) in [6.45, 7) is 7.31. The maximum atomic E-state index is 11.8. The van der Waals surface area contributed by atoms with Crippen LogP contribution >= 0.6 is 11.3 Å². The molecule has 0 bridgehead atoms. The molecule has 1 saturated heterocycles. The number of benzene rings is 1. The molecule has 2 heterocycles. The van der Waals surface area contributed by atoms with Crippen LogP contribution in [0.4, 0.5) is 5.13 Å². The third kappa shape index (κ3) is 4.23. The number of esters is 1. The Labute approximate surface area is 162 Å². The van der Waals surface area contributed by atoms with E-state index in [4.69, 9.17) is 0 Å². The van der Waals surface area contributed by atoms with Gasteiger partial charge in [0.1, 0.15) is 11.3 Å². The Morgan fingerprint density at radius 3 is 2.59 bits per heavy atom. The first-order chi connectivity index (χ1) is 12.9. The van der Waals surface area contributed by atoms with Crippen LogP contribution in [-0.2, 0) is 4.74 Å². The number of aryl methyl sites for hydroxylation is 1. The van der Waals surface area contributed by atoms with Crippen LogP contribution in [0.5, 0.6) is 5.75 Å². The molecule has 2 atom stereocenters. The van der Waals surface area contributed by atoms with Gasteiger partial charge in [-0.3, -0.25) is 4.90 Å². The highest BCUT2D eigenvalue weighted by Gasteiger charge is 2.28. The fourth-order valence-electron chi connectivity index (χ4n) is 3.30. The normalized spacial score (nSPS) is 17.6. The smallest absolute Gasteiger partial charge is 0.341 e. The summed E-state index contributed by atoms with van der Waals surface area (Å²) in [5.74, 6) is -0.778. The maximum Gasteiger partial charge on any atom is 0.341 e. The second kappa shape index (κ2) is 8.24. The summed E-state index contributed by atoms with van der Waals surface area (Å²) in [5.41, 5.74) is 1.68. The minimum Gasteiger partial charge on any atom is -0.507 e. The molecule has 27 heavy (non-hydrogen) atoms. The molecule has 0 saturated carbocycles. The quantitative estimate of drug-likeness (QED) is 0.756. The number of anilines is 1. The molecule has 2 unspecified atom stereocenters. The van der Waals surface area contributed by atoms with Gasteiger partial charge < -0.3 is 19.8 Å². The predicted molar refractivity (Wildman–Crippen MR) is 105 cm³/mol. The van der Waals surface area contributed by atoms with E-state index in [0.29, 0.717) is 5.56 Å². The van der Waals surface area contributed by atoms with Gasteiger partial charge in [-0.25, -0.2) is 9.78 Å². The van der Waals surface area contributed by atoms with Crippen LogP contribution in [0, 0.1) is 6.92 Å². The highest BCUT2D eigenvalue weighted by molar-refractivity contribution is 7.13. The number of nitrogens with zero attached hydrogens (tertiary/aromatic N) is 3. The highest BCUT2D eigenvalue weighted by atomic mass is 32.1. The summed E-state index contributed by atoms with van der Waals surface area (Å²) in [6, 6.07) is 4.43. The number of aromatic nitrogens is 1. The second-order valence-electron chi connectivity index (χ2n) is 6.75. The summed E-state index contributed by atoms with van der Waals surface area (Å²) in [4.78, 5) is 20.8. The fraction of sp³-hybridized carbons (Fsp3) is 0.474. The summed E-state index contributed by atoms with van der Waals surface area (Å²) in [7, 11) is 1.26. The molecule has 8 heteroatoms. The number of carbonyl (C=O) groups excluding carboxylic acids is 1. The molecule has 1 aliphatic rings. The SMILES string of the molecule is COC(=O)c1cc(C(O)C(C)N2CCN(c3nc(C)cs3)CC2)ccc1O. The molecule has 2 aromatic rings. The zero-order valence-electron chi connectivity index (χ0n) is 15.8. The van der Waals surface area contributed by atoms with Gasteiger partial charge in [0.2, 0.25) is 0 Å². The number of phenols is 1. The van der Waals surface area contributed by atoms with E-state index in [2.05, 4.69) is 24.9 Å². The number of hydrogen-bond donors (Lipinski definition) is 2. The van der Waals surface area contributed by atoms with Crippen LogP contribution in [0.25, 0.3) is 0 Å². The highest BCUT2D eigenvalue weighted by Crippen LogP contribution is 2.28. The Morgan fingerprint density at radius 2 is 2.00 bits per heavy atom. The van der Waals surface area contributed by atoms with Gasteiger partial charge in [0, 0.05) is 37.6 Å². The fourth-order valence-corrected chi connectivity index (χ4v) is 4.15. The predicted octanol–water partition coefficient (Wildman–Crippen LogP) is 2.19. The number of aromatic hydroxyl groups is 1. The third-order valence-corrected chi connectivity index (χ3v) is 6.01. The summed E-state index contributed by atoms with van der Waals surface area (Å²) < 4.78 is 4.68. The van der Waals surface area contributed by atoms with Crippen molar-refractivity contribution in [3.8, 4) is 5.75 Å². The van der Waals surface area contributed by atoms with Crippen molar-refractivity contribution >= 4 is 22.4 Å². The van der Waals surface area contributed by atoms with Gasteiger partial charge in [0.05, 0.1) is 18.9 Å². The average Bonchev–Trinajstić information content (AvgIpc) is 3.13. The van der Waals surface area contributed by atoms with Gasteiger partial charge in [0.25, 0.3) is 0 Å². The standard InChI is InChI=1S/C19H25N3O4S/c1-12-11-27-19(20-12)22-8-6-21(7-9-22)13(2)17(24)14-4-5-16(23)15(10-14)18(25)26-3/h4-5,10-11,13,17,23-24H,6-9H2,1-3H3. The lowest BCUT2D eigenvalue weighted by molar-refractivity contribution is 0.0539. The number of aliphatic hydroxyl groups excluding tert-OH is 1. The number of hydrogen-bond acceptors (Lipinski definition) is 8. The Balaban J connectivity index is 1.66. The molecule has 3 rings (SSSR count). The zero-order valence-corrected chi connectivity index (χ0v) is 16.6. The van der Waals surface area contributed by atoms with Crippen molar-refractivity contribution in [2.24, 2.45) is 0 Å². The van der Waals surface area contributed by atoms with Crippen LogP contribution in [0.1, 0.15) is 34.6 Å². The van der Waals surface area contributed by atoms with Crippen molar-refractivity contribution < 1.29 is 19.7 Å². The van der Waals surface area contributed by atoms with Gasteiger partial charge >= 0.3 is 5.97 Å². The third-order valence-electron chi connectivity index (χ3n) is 4.99. The van der Waals surface area contributed by atoms with E-state index >= 15 is 0 Å². The van der Waals surface area contributed by atoms with Crippen LogP contribution in [0.2, 0.25) is 0 Å². The molecule has 0 amide bonds. The van der Waals surface area contributed by atoms with E-state index in [1.807, 2.05) is 13.8 Å². The lowest BCUT2D eigenvalue weighted by Crippen LogP contribution is -2.51. The van der Waals surface area contributed by atoms with E-state index in [-0.39, 0.29) is 17.4 Å². The molecular formula is C19H25N3O4S. The maximum absolute atomic E-state index is 11.8. The number of thiazole rings is 1. The molecule has 146 valence electrons. The number of carbonyl (C=O) groups is 1. The number of piperazine rings is 1. The van der Waals surface area contributed by atoms with E-state index in [9.17, 15) is 15.0 Å². The monoisotopic (exact) mass is 391 g/mol. The zero-order chi connectivity index (χ0) is 19.6. The van der Waals surface area contributed by atoms with Crippen molar-refractivity contribution in [1.29, 1.82) is 0 Å². The first-order valence-electron chi connectivity index (χ1n) is 8.91. The van der Waals surface area contributed by atoms with E-state index in [1.165, 1.54) is 19.2 Å². The minimum atomic E-state index is -0.775. The molecule has 0 spiro atoms. The van der Waals surface area contributed by atoms with Crippen LogP contribution in [0.15, 0.2) is 23.6 Å². The molecule has 1 aromatic heterocycles. The van der Waals surface area contributed by atoms with Gasteiger partial charge in [-0.15, -0.1) is 11.3 Å². The number of ether oxygens (including phenoxy) is 1. The van der Waals surface area contributed by atoms with Crippen molar-refractivity contribution in [1.82, 2.24) is 9.88 Å². The Hall–Kier alpha value is -2.16. The Morgan fingerprint density at radius 1 is 1.30 bits per heavy atom. The molecule has 0 aliphatic carbocycles. The van der Waals surface area contributed by atoms with E-state index in [1.54, 1.807) is 17.4 Å². The number of aliphatic hydroxyl groups is 1. The van der Waals surface area contributed by atoms with Gasteiger partial charge in [-0.2, -0.15) is 0 Å². The average molecular weight is 391 g/mol. The molecule has 1 aliphatic heterocycles.